The van der Waals surface area contributed by atoms with Gasteiger partial charge in [0.2, 0.25) is 0 Å². The van der Waals surface area contributed by atoms with Gasteiger partial charge in [-0.15, -0.1) is 0 Å². The molecule has 2 unspecified atom stereocenters. The van der Waals surface area contributed by atoms with E-state index in [4.69, 9.17) is 10.9 Å². The smallest absolute Gasteiger partial charge is 0.170 e. The van der Waals surface area contributed by atoms with Crippen LogP contribution in [-0.4, -0.2) is 23.6 Å². The fourth-order valence-corrected chi connectivity index (χ4v) is 2.65. The van der Waals surface area contributed by atoms with Gasteiger partial charge in [-0.2, -0.15) is 0 Å². The van der Waals surface area contributed by atoms with Crippen LogP contribution in [0.15, 0.2) is 17.3 Å². The Morgan fingerprint density at radius 3 is 2.45 bits per heavy atom. The Hall–Kier alpha value is -1.85. The number of nitrogens with two attached hydrogens (primary N) is 1. The highest BCUT2D eigenvalue weighted by atomic mass is 19.1. The fraction of sp³-hybridized carbons (Fsp3) is 0.500. The van der Waals surface area contributed by atoms with E-state index >= 15 is 0 Å². The lowest BCUT2D eigenvalue weighted by Crippen LogP contribution is -2.42. The molecule has 1 aromatic carbocycles. The van der Waals surface area contributed by atoms with Crippen LogP contribution in [0.2, 0.25) is 0 Å². The molecule has 6 heteroatoms. The van der Waals surface area contributed by atoms with Crippen LogP contribution in [0.25, 0.3) is 0 Å². The maximum atomic E-state index is 14.2. The molecule has 0 aromatic heterocycles. The number of amidine groups is 1. The summed E-state index contributed by atoms with van der Waals surface area (Å²) in [6.07, 6.45) is 1.96. The van der Waals surface area contributed by atoms with E-state index in [1.54, 1.807) is 4.90 Å². The fourth-order valence-electron chi connectivity index (χ4n) is 2.65. The summed E-state index contributed by atoms with van der Waals surface area (Å²) in [5, 5.41) is 11.3. The second-order valence-electron chi connectivity index (χ2n) is 5.46. The molecule has 1 aliphatic heterocycles. The molecule has 4 nitrogen and oxygen atoms in total. The van der Waals surface area contributed by atoms with Gasteiger partial charge in [-0.05, 0) is 37.8 Å². The van der Waals surface area contributed by atoms with Crippen molar-refractivity contribution < 1.29 is 14.0 Å². The van der Waals surface area contributed by atoms with E-state index in [-0.39, 0.29) is 23.1 Å². The number of hydrogen-bond donors (Lipinski definition) is 2. The molecule has 1 aliphatic rings. The van der Waals surface area contributed by atoms with Gasteiger partial charge in [0.25, 0.3) is 0 Å². The number of nitrogens with zero attached hydrogens (tertiary/aromatic N) is 2. The largest absolute Gasteiger partial charge is 0.409 e. The summed E-state index contributed by atoms with van der Waals surface area (Å²) in [6.45, 7) is 4.65. The third kappa shape index (κ3) is 2.69. The first kappa shape index (κ1) is 14.6. The summed E-state index contributed by atoms with van der Waals surface area (Å²) >= 11 is 0. The summed E-state index contributed by atoms with van der Waals surface area (Å²) < 4.78 is 28.4. The average Bonchev–Trinajstić information content (AvgIpc) is 2.40. The lowest BCUT2D eigenvalue weighted by molar-refractivity contribution is 0.318. The third-order valence-electron chi connectivity index (χ3n) is 3.83. The van der Waals surface area contributed by atoms with E-state index in [9.17, 15) is 8.78 Å². The van der Waals surface area contributed by atoms with Gasteiger partial charge < -0.3 is 15.8 Å². The molecule has 0 bridgehead atoms. The van der Waals surface area contributed by atoms with Crippen molar-refractivity contribution in [3.8, 4) is 0 Å². The Balaban J connectivity index is 2.42. The predicted molar refractivity (Wildman–Crippen MR) is 74.1 cm³/mol. The number of benzene rings is 1. The highest BCUT2D eigenvalue weighted by molar-refractivity contribution is 5.97. The maximum absolute atomic E-state index is 14.2. The van der Waals surface area contributed by atoms with Crippen LogP contribution in [0.5, 0.6) is 0 Å². The van der Waals surface area contributed by atoms with Gasteiger partial charge in [0.05, 0.1) is 0 Å². The van der Waals surface area contributed by atoms with E-state index in [1.807, 2.05) is 6.92 Å². The van der Waals surface area contributed by atoms with Crippen molar-refractivity contribution in [1.29, 1.82) is 0 Å². The highest BCUT2D eigenvalue weighted by Gasteiger charge is 2.28. The molecule has 110 valence electrons. The molecular weight excluding hydrogens is 264 g/mol. The van der Waals surface area contributed by atoms with E-state index in [2.05, 4.69) is 12.1 Å². The van der Waals surface area contributed by atoms with Crippen LogP contribution in [0.4, 0.5) is 14.5 Å². The summed E-state index contributed by atoms with van der Waals surface area (Å²) in [6, 6.07) is 2.28. The van der Waals surface area contributed by atoms with Crippen molar-refractivity contribution in [2.24, 2.45) is 16.8 Å². The standard InChI is InChI=1S/C14H19F2N3O/c1-8-3-4-9(2)19(7-8)13-11(15)5-10(6-12(13)16)14(17)18-20/h5-6,8-9,20H,3-4,7H2,1-2H3,(H2,17,18). The van der Waals surface area contributed by atoms with Crippen LogP contribution in [-0.2, 0) is 0 Å². The minimum Gasteiger partial charge on any atom is -0.409 e. The summed E-state index contributed by atoms with van der Waals surface area (Å²) in [5.74, 6) is -1.29. The Morgan fingerprint density at radius 1 is 1.30 bits per heavy atom. The van der Waals surface area contributed by atoms with Gasteiger partial charge in [0.1, 0.15) is 17.3 Å². The van der Waals surface area contributed by atoms with Gasteiger partial charge in [0, 0.05) is 18.2 Å². The van der Waals surface area contributed by atoms with Gasteiger partial charge in [-0.25, -0.2) is 8.78 Å². The van der Waals surface area contributed by atoms with Crippen molar-refractivity contribution in [1.82, 2.24) is 0 Å². The van der Waals surface area contributed by atoms with E-state index in [1.165, 1.54) is 0 Å². The van der Waals surface area contributed by atoms with Crippen molar-refractivity contribution in [3.63, 3.8) is 0 Å². The van der Waals surface area contributed by atoms with Crippen molar-refractivity contribution >= 4 is 11.5 Å². The highest BCUT2D eigenvalue weighted by Crippen LogP contribution is 2.32. The molecule has 3 N–H and O–H groups in total. The van der Waals surface area contributed by atoms with Gasteiger partial charge >= 0.3 is 0 Å². The van der Waals surface area contributed by atoms with Crippen LogP contribution in [0, 0.1) is 17.6 Å². The molecule has 0 saturated carbocycles. The first-order valence-electron chi connectivity index (χ1n) is 6.67. The lowest BCUT2D eigenvalue weighted by Gasteiger charge is -2.38. The minimum absolute atomic E-state index is 0.0291. The predicted octanol–water partition coefficient (Wildman–Crippen LogP) is 2.68. The quantitative estimate of drug-likeness (QED) is 0.380. The molecular formula is C14H19F2N3O. The molecule has 1 saturated heterocycles. The topological polar surface area (TPSA) is 61.8 Å². The number of piperidine rings is 1. The van der Waals surface area contributed by atoms with Gasteiger partial charge in [-0.3, -0.25) is 0 Å². The SMILES string of the molecule is CC1CCC(C)N(c2c(F)cc(C(N)=NO)cc2F)C1. The van der Waals surface area contributed by atoms with Crippen molar-refractivity contribution in [3.05, 3.63) is 29.3 Å². The molecule has 0 radical (unpaired) electrons. The Labute approximate surface area is 116 Å². The van der Waals surface area contributed by atoms with E-state index in [0.29, 0.717) is 12.5 Å². The molecule has 2 atom stereocenters. The van der Waals surface area contributed by atoms with Crippen LogP contribution < -0.4 is 10.6 Å². The van der Waals surface area contributed by atoms with Crippen LogP contribution >= 0.6 is 0 Å². The summed E-state index contributed by atoms with van der Waals surface area (Å²) in [7, 11) is 0. The summed E-state index contributed by atoms with van der Waals surface area (Å²) in [5.41, 5.74) is 5.37. The Bertz CT molecular complexity index is 510. The molecule has 2 rings (SSSR count). The first-order chi connectivity index (χ1) is 9.43. The second-order valence-corrected chi connectivity index (χ2v) is 5.46. The zero-order chi connectivity index (χ0) is 14.9. The number of rotatable bonds is 2. The monoisotopic (exact) mass is 283 g/mol. The maximum Gasteiger partial charge on any atom is 0.170 e. The first-order valence-corrected chi connectivity index (χ1v) is 6.67. The lowest BCUT2D eigenvalue weighted by atomic mass is 9.94. The van der Waals surface area contributed by atoms with Crippen LogP contribution in [0.1, 0.15) is 32.3 Å². The van der Waals surface area contributed by atoms with Gasteiger partial charge in [-0.1, -0.05) is 12.1 Å². The van der Waals surface area contributed by atoms with Gasteiger partial charge in [0.15, 0.2) is 5.84 Å². The van der Waals surface area contributed by atoms with E-state index in [0.717, 1.165) is 25.0 Å². The number of hydrogen-bond acceptors (Lipinski definition) is 3. The number of oxime groups is 1. The number of anilines is 1. The second kappa shape index (κ2) is 5.64. The molecule has 1 aromatic rings. The number of halogens is 2. The summed E-state index contributed by atoms with van der Waals surface area (Å²) in [4.78, 5) is 1.76. The van der Waals surface area contributed by atoms with Crippen molar-refractivity contribution in [2.45, 2.75) is 32.7 Å². The zero-order valence-corrected chi connectivity index (χ0v) is 11.6. The average molecular weight is 283 g/mol. The van der Waals surface area contributed by atoms with E-state index < -0.39 is 11.6 Å². The molecule has 0 amide bonds. The van der Waals surface area contributed by atoms with Crippen LogP contribution in [0.3, 0.4) is 0 Å². The molecule has 0 spiro atoms. The van der Waals surface area contributed by atoms with Crippen molar-refractivity contribution in [2.75, 3.05) is 11.4 Å². The zero-order valence-electron chi connectivity index (χ0n) is 11.6. The normalized spacial score (nSPS) is 24.0. The minimum atomic E-state index is -0.687. The molecule has 1 fully saturated rings. The Kier molecular flexibility index (Phi) is 4.11. The molecule has 0 aliphatic carbocycles. The molecule has 20 heavy (non-hydrogen) atoms. The third-order valence-corrected chi connectivity index (χ3v) is 3.83. The Morgan fingerprint density at radius 2 is 1.90 bits per heavy atom. The molecule has 1 heterocycles.